The van der Waals surface area contributed by atoms with Gasteiger partial charge in [-0.3, -0.25) is 9.48 Å². The predicted octanol–water partition coefficient (Wildman–Crippen LogP) is 4.95. The molecular weight excluding hydrogens is 442 g/mol. The van der Waals surface area contributed by atoms with Crippen molar-refractivity contribution in [1.82, 2.24) is 19.7 Å². The highest BCUT2D eigenvalue weighted by molar-refractivity contribution is 9.10. The molecule has 6 nitrogen and oxygen atoms in total. The number of nitrogens with zero attached hydrogens (tertiary/aromatic N) is 4. The molecule has 1 aliphatic carbocycles. The molecule has 2 aromatic heterocycles. The van der Waals surface area contributed by atoms with E-state index in [-0.39, 0.29) is 5.78 Å². The normalized spacial score (nSPS) is 21.0. The fraction of sp³-hybridized carbons (Fsp3) is 0.391. The van der Waals surface area contributed by atoms with Crippen LogP contribution in [-0.4, -0.2) is 31.6 Å². The third-order valence-electron chi connectivity index (χ3n) is 5.98. The van der Waals surface area contributed by atoms with Crippen LogP contribution < -0.4 is 5.32 Å². The van der Waals surface area contributed by atoms with Gasteiger partial charge in [0.2, 0.25) is 5.78 Å². The zero-order valence-corrected chi connectivity index (χ0v) is 18.8. The van der Waals surface area contributed by atoms with Crippen LogP contribution in [0, 0.1) is 11.8 Å². The first-order valence-corrected chi connectivity index (χ1v) is 11.2. The summed E-state index contributed by atoms with van der Waals surface area (Å²) in [6, 6.07) is 10.1. The Morgan fingerprint density at radius 1 is 1.30 bits per heavy atom. The van der Waals surface area contributed by atoms with E-state index in [9.17, 15) is 4.79 Å². The van der Waals surface area contributed by atoms with Crippen LogP contribution in [-0.2, 0) is 6.54 Å². The topological polar surface area (TPSA) is 72.7 Å². The molecule has 1 aliphatic rings. The maximum Gasteiger partial charge on any atom is 0.218 e. The number of rotatable bonds is 7. The van der Waals surface area contributed by atoms with Gasteiger partial charge in [0, 0.05) is 22.9 Å². The Balaban J connectivity index is 1.50. The first kappa shape index (κ1) is 20.7. The van der Waals surface area contributed by atoms with Crippen molar-refractivity contribution >= 4 is 27.5 Å². The van der Waals surface area contributed by atoms with Crippen molar-refractivity contribution in [2.24, 2.45) is 11.8 Å². The maximum atomic E-state index is 13.1. The summed E-state index contributed by atoms with van der Waals surface area (Å²) in [6.07, 6.45) is 8.29. The number of hydrogen-bond donors (Lipinski definition) is 1. The first-order chi connectivity index (χ1) is 14.5. The van der Waals surface area contributed by atoms with Gasteiger partial charge in [0.25, 0.3) is 0 Å². The van der Waals surface area contributed by atoms with Gasteiger partial charge in [-0.15, -0.1) is 0 Å². The number of benzene rings is 1. The fourth-order valence-corrected chi connectivity index (χ4v) is 4.80. The Morgan fingerprint density at radius 2 is 2.17 bits per heavy atom. The maximum absolute atomic E-state index is 13.1. The van der Waals surface area contributed by atoms with Crippen molar-refractivity contribution in [3.63, 3.8) is 0 Å². The SMILES string of the molecule is CC[C@@H]1C[C@@H](Nc2ncncc2C(=O)c2ccn(Cc3cccc(Br)c3)n2)C[C@@H]1C. The molecule has 1 aromatic carbocycles. The number of nitrogens with one attached hydrogen (secondary N) is 1. The summed E-state index contributed by atoms with van der Waals surface area (Å²) < 4.78 is 2.79. The molecule has 0 bridgehead atoms. The Hall–Kier alpha value is -2.54. The smallest absolute Gasteiger partial charge is 0.218 e. The predicted molar refractivity (Wildman–Crippen MR) is 121 cm³/mol. The molecule has 0 aliphatic heterocycles. The van der Waals surface area contributed by atoms with Crippen molar-refractivity contribution in [1.29, 1.82) is 0 Å². The number of anilines is 1. The van der Waals surface area contributed by atoms with Crippen LogP contribution in [0.25, 0.3) is 0 Å². The average Bonchev–Trinajstić information content (AvgIpc) is 3.34. The molecule has 156 valence electrons. The molecule has 4 rings (SSSR count). The van der Waals surface area contributed by atoms with Gasteiger partial charge in [0.15, 0.2) is 0 Å². The first-order valence-electron chi connectivity index (χ1n) is 10.4. The van der Waals surface area contributed by atoms with Gasteiger partial charge < -0.3 is 5.32 Å². The third kappa shape index (κ3) is 4.61. The quantitative estimate of drug-likeness (QED) is 0.497. The summed E-state index contributed by atoms with van der Waals surface area (Å²) in [4.78, 5) is 21.6. The van der Waals surface area contributed by atoms with Gasteiger partial charge in [0.05, 0.1) is 12.1 Å². The number of carbonyl (C=O) groups excluding carboxylic acids is 1. The van der Waals surface area contributed by atoms with Crippen molar-refractivity contribution in [2.45, 2.75) is 45.7 Å². The molecule has 0 radical (unpaired) electrons. The van der Waals surface area contributed by atoms with Crippen LogP contribution >= 0.6 is 15.9 Å². The van der Waals surface area contributed by atoms with Crippen molar-refractivity contribution in [3.05, 3.63) is 70.3 Å². The highest BCUT2D eigenvalue weighted by atomic mass is 79.9. The van der Waals surface area contributed by atoms with Gasteiger partial charge in [-0.05, 0) is 48.4 Å². The second kappa shape index (κ2) is 9.08. The molecule has 3 aromatic rings. The minimum atomic E-state index is -0.163. The molecule has 0 saturated heterocycles. The molecule has 0 spiro atoms. The number of aromatic nitrogens is 4. The van der Waals surface area contributed by atoms with E-state index in [1.165, 1.54) is 12.7 Å². The van der Waals surface area contributed by atoms with E-state index in [2.05, 4.69) is 50.2 Å². The van der Waals surface area contributed by atoms with Crippen LogP contribution in [0.1, 0.15) is 54.7 Å². The molecule has 3 atom stereocenters. The summed E-state index contributed by atoms with van der Waals surface area (Å²) in [5.41, 5.74) is 1.98. The van der Waals surface area contributed by atoms with Gasteiger partial charge >= 0.3 is 0 Å². The monoisotopic (exact) mass is 467 g/mol. The molecular formula is C23H26BrN5O. The number of ketones is 1. The zero-order chi connectivity index (χ0) is 21.1. The second-order valence-electron chi connectivity index (χ2n) is 8.10. The average molecular weight is 468 g/mol. The van der Waals surface area contributed by atoms with Crippen LogP contribution in [0.3, 0.4) is 0 Å². The van der Waals surface area contributed by atoms with E-state index in [4.69, 9.17) is 0 Å². The molecule has 1 saturated carbocycles. The van der Waals surface area contributed by atoms with E-state index in [0.29, 0.717) is 35.6 Å². The standard InChI is InChI=1S/C23H26BrN5O/c1-3-17-11-19(9-15(17)2)27-23-20(12-25-14-26-23)22(30)21-7-8-29(28-21)13-16-5-4-6-18(24)10-16/h4-8,10,12,14-15,17,19H,3,9,11,13H2,1-2H3,(H,25,26,27)/t15-,17+,19-/m0/s1. The number of hydrogen-bond acceptors (Lipinski definition) is 5. The molecule has 1 fully saturated rings. The largest absolute Gasteiger partial charge is 0.367 e. The Kier molecular flexibility index (Phi) is 6.27. The van der Waals surface area contributed by atoms with E-state index in [0.717, 1.165) is 28.8 Å². The van der Waals surface area contributed by atoms with E-state index >= 15 is 0 Å². The zero-order valence-electron chi connectivity index (χ0n) is 17.3. The molecule has 2 heterocycles. The minimum absolute atomic E-state index is 0.163. The molecule has 30 heavy (non-hydrogen) atoms. The Bertz CT molecular complexity index is 1030. The van der Waals surface area contributed by atoms with E-state index in [1.54, 1.807) is 16.9 Å². The summed E-state index contributed by atoms with van der Waals surface area (Å²) in [5, 5.41) is 7.99. The van der Waals surface area contributed by atoms with Gasteiger partial charge in [-0.2, -0.15) is 5.10 Å². The van der Waals surface area contributed by atoms with Crippen molar-refractivity contribution in [2.75, 3.05) is 5.32 Å². The summed E-state index contributed by atoms with van der Waals surface area (Å²) in [5.74, 6) is 1.84. The van der Waals surface area contributed by atoms with Gasteiger partial charge in [-0.1, -0.05) is 48.3 Å². The molecule has 7 heteroatoms. The Morgan fingerprint density at radius 3 is 2.93 bits per heavy atom. The van der Waals surface area contributed by atoms with Gasteiger partial charge in [0.1, 0.15) is 17.8 Å². The lowest BCUT2D eigenvalue weighted by atomic mass is 9.96. The van der Waals surface area contributed by atoms with Crippen LogP contribution in [0.5, 0.6) is 0 Å². The second-order valence-corrected chi connectivity index (χ2v) is 9.02. The highest BCUT2D eigenvalue weighted by Crippen LogP contribution is 2.35. The molecule has 1 N–H and O–H groups in total. The van der Waals surface area contributed by atoms with Gasteiger partial charge in [-0.25, -0.2) is 9.97 Å². The lowest BCUT2D eigenvalue weighted by Crippen LogP contribution is -2.20. The molecule has 0 amide bonds. The van der Waals surface area contributed by atoms with Crippen molar-refractivity contribution in [3.8, 4) is 0 Å². The summed E-state index contributed by atoms with van der Waals surface area (Å²) in [7, 11) is 0. The highest BCUT2D eigenvalue weighted by Gasteiger charge is 2.31. The lowest BCUT2D eigenvalue weighted by molar-refractivity contribution is 0.103. The van der Waals surface area contributed by atoms with Crippen molar-refractivity contribution < 1.29 is 4.79 Å². The summed E-state index contributed by atoms with van der Waals surface area (Å²) in [6.45, 7) is 5.15. The number of halogens is 1. The van der Waals surface area contributed by atoms with Crippen LogP contribution in [0.15, 0.2) is 53.5 Å². The fourth-order valence-electron chi connectivity index (χ4n) is 4.36. The van der Waals surface area contributed by atoms with Crippen LogP contribution in [0.4, 0.5) is 5.82 Å². The summed E-state index contributed by atoms with van der Waals surface area (Å²) >= 11 is 3.49. The molecule has 0 unspecified atom stereocenters. The number of carbonyl (C=O) groups is 1. The minimum Gasteiger partial charge on any atom is -0.367 e. The van der Waals surface area contributed by atoms with Crippen LogP contribution in [0.2, 0.25) is 0 Å². The van der Waals surface area contributed by atoms with E-state index in [1.807, 2.05) is 30.5 Å². The third-order valence-corrected chi connectivity index (χ3v) is 6.47. The van der Waals surface area contributed by atoms with E-state index < -0.39 is 0 Å². The lowest BCUT2D eigenvalue weighted by Gasteiger charge is -2.15. The Labute approximate surface area is 185 Å².